The molecule has 0 spiro atoms. The van der Waals surface area contributed by atoms with Crippen molar-refractivity contribution in [3.05, 3.63) is 10.1 Å². The van der Waals surface area contributed by atoms with Crippen molar-refractivity contribution in [2.45, 2.75) is 31.7 Å². The van der Waals surface area contributed by atoms with E-state index in [1.165, 1.54) is 0 Å². The average Bonchev–Trinajstić information content (AvgIpc) is 2.29. The van der Waals surface area contributed by atoms with Gasteiger partial charge < -0.3 is 21.0 Å². The third-order valence-electron chi connectivity index (χ3n) is 2.07. The minimum atomic E-state index is -1.00. The molecule has 0 saturated carbocycles. The van der Waals surface area contributed by atoms with Gasteiger partial charge in [0.1, 0.15) is 0 Å². The van der Waals surface area contributed by atoms with Gasteiger partial charge in [0.05, 0.1) is 12.6 Å². The maximum atomic E-state index is 11.3. The summed E-state index contributed by atoms with van der Waals surface area (Å²) in [5, 5.41) is 19.8. The lowest BCUT2D eigenvalue weighted by Crippen LogP contribution is -2.41. The molecule has 0 aliphatic rings. The Labute approximate surface area is 103 Å². The Morgan fingerprint density at radius 2 is 2.11 bits per heavy atom. The van der Waals surface area contributed by atoms with Crippen molar-refractivity contribution in [1.82, 2.24) is 5.32 Å². The summed E-state index contributed by atoms with van der Waals surface area (Å²) >= 11 is 0. The number of nitrogens with two attached hydrogens (primary N) is 1. The topological polar surface area (TPSA) is 145 Å². The first-order valence-electron chi connectivity index (χ1n) is 5.46. The SMILES string of the molecule is NC(CCC(=O)O)C(=O)NCCCCO[N+](=O)[O-]. The molecular formula is C9H17N3O6. The number of aliphatic carboxylic acids is 1. The fourth-order valence-electron chi connectivity index (χ4n) is 1.12. The Bertz CT molecular complexity index is 296. The van der Waals surface area contributed by atoms with Crippen LogP contribution in [0.4, 0.5) is 0 Å². The monoisotopic (exact) mass is 263 g/mol. The minimum Gasteiger partial charge on any atom is -0.481 e. The van der Waals surface area contributed by atoms with E-state index in [9.17, 15) is 19.7 Å². The summed E-state index contributed by atoms with van der Waals surface area (Å²) in [7, 11) is 0. The van der Waals surface area contributed by atoms with Gasteiger partial charge in [-0.25, -0.2) is 0 Å². The Hall–Kier alpha value is -1.90. The van der Waals surface area contributed by atoms with Crippen molar-refractivity contribution in [1.29, 1.82) is 0 Å². The molecule has 0 aliphatic heterocycles. The molecule has 0 aliphatic carbocycles. The van der Waals surface area contributed by atoms with Gasteiger partial charge in [-0.05, 0) is 19.3 Å². The number of rotatable bonds is 10. The van der Waals surface area contributed by atoms with Crippen molar-refractivity contribution < 1.29 is 24.6 Å². The summed E-state index contributed by atoms with van der Waals surface area (Å²) < 4.78 is 0. The molecule has 18 heavy (non-hydrogen) atoms. The van der Waals surface area contributed by atoms with Gasteiger partial charge in [-0.1, -0.05) is 0 Å². The number of carboxylic acids is 1. The Balaban J connectivity index is 3.51. The predicted octanol–water partition coefficient (Wildman–Crippen LogP) is -0.717. The number of hydrogen-bond donors (Lipinski definition) is 3. The van der Waals surface area contributed by atoms with Crippen LogP contribution in [0.3, 0.4) is 0 Å². The zero-order chi connectivity index (χ0) is 14.0. The number of carbonyl (C=O) groups is 2. The molecule has 1 unspecified atom stereocenters. The predicted molar refractivity (Wildman–Crippen MR) is 60.0 cm³/mol. The van der Waals surface area contributed by atoms with Crippen LogP contribution in [0, 0.1) is 10.1 Å². The van der Waals surface area contributed by atoms with Gasteiger partial charge in [0, 0.05) is 13.0 Å². The average molecular weight is 263 g/mol. The third kappa shape index (κ3) is 9.33. The van der Waals surface area contributed by atoms with Gasteiger partial charge in [-0.2, -0.15) is 0 Å². The van der Waals surface area contributed by atoms with Crippen LogP contribution < -0.4 is 11.1 Å². The molecule has 0 rings (SSSR count). The van der Waals surface area contributed by atoms with E-state index in [4.69, 9.17) is 10.8 Å². The molecule has 0 aromatic carbocycles. The zero-order valence-electron chi connectivity index (χ0n) is 9.83. The molecule has 0 bridgehead atoms. The second kappa shape index (κ2) is 9.16. The van der Waals surface area contributed by atoms with E-state index in [-0.39, 0.29) is 19.4 Å². The molecule has 1 amide bonds. The maximum absolute atomic E-state index is 11.3. The second-order valence-corrected chi connectivity index (χ2v) is 3.59. The summed E-state index contributed by atoms with van der Waals surface area (Å²) in [6.45, 7) is 0.300. The lowest BCUT2D eigenvalue weighted by molar-refractivity contribution is -0.757. The third-order valence-corrected chi connectivity index (χ3v) is 2.07. The van der Waals surface area contributed by atoms with Crippen LogP contribution >= 0.6 is 0 Å². The van der Waals surface area contributed by atoms with Crippen LogP contribution in [-0.2, 0) is 14.4 Å². The summed E-state index contributed by atoms with van der Waals surface area (Å²) in [6, 6.07) is -0.851. The largest absolute Gasteiger partial charge is 0.481 e. The van der Waals surface area contributed by atoms with Crippen molar-refractivity contribution in [2.24, 2.45) is 5.73 Å². The van der Waals surface area contributed by atoms with E-state index in [1.807, 2.05) is 0 Å². The molecule has 1 atom stereocenters. The van der Waals surface area contributed by atoms with Gasteiger partial charge >= 0.3 is 5.97 Å². The number of unbranched alkanes of at least 4 members (excludes halogenated alkanes) is 1. The first-order valence-corrected chi connectivity index (χ1v) is 5.46. The molecule has 0 aromatic heterocycles. The Morgan fingerprint density at radius 3 is 2.67 bits per heavy atom. The van der Waals surface area contributed by atoms with Gasteiger partial charge in [-0.15, -0.1) is 10.1 Å². The van der Waals surface area contributed by atoms with Gasteiger partial charge in [0.15, 0.2) is 0 Å². The highest BCUT2D eigenvalue weighted by Gasteiger charge is 2.13. The normalized spacial score (nSPS) is 11.6. The zero-order valence-corrected chi connectivity index (χ0v) is 9.83. The first kappa shape index (κ1) is 16.1. The van der Waals surface area contributed by atoms with Crippen LogP contribution in [0.25, 0.3) is 0 Å². The summed E-state index contributed by atoms with van der Waals surface area (Å²) in [5.74, 6) is -1.43. The van der Waals surface area contributed by atoms with E-state index < -0.39 is 23.0 Å². The standard InChI is InChI=1S/C9H17N3O6/c10-7(3-4-8(13)14)9(15)11-5-1-2-6-18-12(16)17/h7H,1-6,10H2,(H,11,15)(H,13,14). The van der Waals surface area contributed by atoms with Crippen molar-refractivity contribution in [2.75, 3.05) is 13.2 Å². The lowest BCUT2D eigenvalue weighted by atomic mass is 10.1. The number of carboxylic acid groups (broad SMARTS) is 1. The highest BCUT2D eigenvalue weighted by atomic mass is 16.9. The van der Waals surface area contributed by atoms with Gasteiger partial charge in [0.2, 0.25) is 5.91 Å². The number of amides is 1. The van der Waals surface area contributed by atoms with Gasteiger partial charge in [-0.3, -0.25) is 9.59 Å². The van der Waals surface area contributed by atoms with Crippen molar-refractivity contribution >= 4 is 11.9 Å². The first-order chi connectivity index (χ1) is 8.43. The quantitative estimate of drug-likeness (QED) is 0.268. The molecule has 9 nitrogen and oxygen atoms in total. The fourth-order valence-corrected chi connectivity index (χ4v) is 1.12. The number of hydrogen-bond acceptors (Lipinski definition) is 6. The number of carbonyl (C=O) groups excluding carboxylic acids is 1. The molecule has 0 heterocycles. The Morgan fingerprint density at radius 1 is 1.44 bits per heavy atom. The van der Waals surface area contributed by atoms with E-state index in [0.29, 0.717) is 19.4 Å². The summed E-state index contributed by atoms with van der Waals surface area (Å²) in [5.41, 5.74) is 5.46. The Kier molecular flexibility index (Phi) is 8.20. The van der Waals surface area contributed by atoms with E-state index in [2.05, 4.69) is 10.2 Å². The fraction of sp³-hybridized carbons (Fsp3) is 0.778. The summed E-state index contributed by atoms with van der Waals surface area (Å²) in [6.07, 6.45) is 0.869. The molecule has 0 radical (unpaired) electrons. The van der Waals surface area contributed by atoms with E-state index >= 15 is 0 Å². The maximum Gasteiger partial charge on any atom is 0.303 e. The molecule has 0 saturated heterocycles. The van der Waals surface area contributed by atoms with Crippen LogP contribution in [0.5, 0.6) is 0 Å². The molecular weight excluding hydrogens is 246 g/mol. The van der Waals surface area contributed by atoms with Crippen LogP contribution in [0.2, 0.25) is 0 Å². The van der Waals surface area contributed by atoms with E-state index in [0.717, 1.165) is 0 Å². The smallest absolute Gasteiger partial charge is 0.303 e. The molecule has 9 heteroatoms. The van der Waals surface area contributed by atoms with Crippen LogP contribution in [0.15, 0.2) is 0 Å². The lowest BCUT2D eigenvalue weighted by Gasteiger charge is -2.10. The summed E-state index contributed by atoms with van der Waals surface area (Å²) in [4.78, 5) is 35.5. The number of nitrogens with zero attached hydrogens (tertiary/aromatic N) is 1. The minimum absolute atomic E-state index is 0.0199. The van der Waals surface area contributed by atoms with Crippen LogP contribution in [0.1, 0.15) is 25.7 Å². The van der Waals surface area contributed by atoms with Crippen molar-refractivity contribution in [3.63, 3.8) is 0 Å². The second-order valence-electron chi connectivity index (χ2n) is 3.59. The van der Waals surface area contributed by atoms with Crippen LogP contribution in [-0.4, -0.2) is 41.3 Å². The van der Waals surface area contributed by atoms with Gasteiger partial charge in [0.25, 0.3) is 5.09 Å². The van der Waals surface area contributed by atoms with E-state index in [1.54, 1.807) is 0 Å². The van der Waals surface area contributed by atoms with Crippen molar-refractivity contribution in [3.8, 4) is 0 Å². The highest BCUT2D eigenvalue weighted by molar-refractivity contribution is 5.82. The molecule has 0 aromatic rings. The highest BCUT2D eigenvalue weighted by Crippen LogP contribution is 1.95. The molecule has 4 N–H and O–H groups in total. The molecule has 104 valence electrons. The number of nitrogens with one attached hydrogen (secondary N) is 1. The molecule has 0 fully saturated rings.